The van der Waals surface area contributed by atoms with E-state index in [4.69, 9.17) is 5.11 Å². The van der Waals surface area contributed by atoms with E-state index < -0.39 is 11.7 Å². The fraction of sp³-hybridized carbons (Fsp3) is 0.333. The summed E-state index contributed by atoms with van der Waals surface area (Å²) < 4.78 is 12.4. The molecule has 10 heavy (non-hydrogen) atoms. The molecule has 0 unspecified atom stereocenters. The smallest absolute Gasteiger partial charge is 0.258 e. The second-order valence-corrected chi connectivity index (χ2v) is 1.81. The van der Waals surface area contributed by atoms with E-state index >= 15 is 0 Å². The van der Waals surface area contributed by atoms with Crippen LogP contribution >= 0.6 is 0 Å². The third-order valence-electron chi connectivity index (χ3n) is 1.19. The van der Waals surface area contributed by atoms with Gasteiger partial charge in [0.1, 0.15) is 6.33 Å². The van der Waals surface area contributed by atoms with Gasteiger partial charge in [-0.1, -0.05) is 6.92 Å². The Labute approximate surface area is 57.6 Å². The van der Waals surface area contributed by atoms with E-state index in [2.05, 4.69) is 9.97 Å². The summed E-state index contributed by atoms with van der Waals surface area (Å²) in [5.74, 6) is -1.29. The number of aromatic hydroxyl groups is 1. The highest BCUT2D eigenvalue weighted by molar-refractivity contribution is 5.22. The first-order chi connectivity index (χ1) is 4.75. The van der Waals surface area contributed by atoms with Crippen molar-refractivity contribution in [1.82, 2.24) is 9.97 Å². The average Bonchev–Trinajstić information content (AvgIpc) is 1.95. The lowest BCUT2D eigenvalue weighted by molar-refractivity contribution is 0.408. The summed E-state index contributed by atoms with van der Waals surface area (Å²) in [6.45, 7) is 1.78. The lowest BCUT2D eigenvalue weighted by Crippen LogP contribution is -1.92. The van der Waals surface area contributed by atoms with Gasteiger partial charge in [0.2, 0.25) is 0 Å². The van der Waals surface area contributed by atoms with Crippen LogP contribution in [-0.4, -0.2) is 15.1 Å². The number of aromatic nitrogens is 2. The van der Waals surface area contributed by atoms with E-state index in [0.29, 0.717) is 12.1 Å². The molecule has 54 valence electrons. The number of hydrogen-bond donors (Lipinski definition) is 1. The molecule has 0 saturated heterocycles. The highest BCUT2D eigenvalue weighted by Gasteiger charge is 2.05. The molecule has 3 nitrogen and oxygen atoms in total. The van der Waals surface area contributed by atoms with Crippen LogP contribution < -0.4 is 0 Å². The Morgan fingerprint density at radius 2 is 2.30 bits per heavy atom. The zero-order valence-corrected chi connectivity index (χ0v) is 5.50. The summed E-state index contributed by atoms with van der Waals surface area (Å²) in [4.78, 5) is 6.82. The number of nitrogens with zero attached hydrogens (tertiary/aromatic N) is 2. The molecule has 1 heterocycles. The highest BCUT2D eigenvalue weighted by Crippen LogP contribution is 2.15. The van der Waals surface area contributed by atoms with Crippen molar-refractivity contribution in [2.45, 2.75) is 13.3 Å². The van der Waals surface area contributed by atoms with Crippen molar-refractivity contribution in [1.29, 1.82) is 0 Å². The van der Waals surface area contributed by atoms with Gasteiger partial charge in [-0.15, -0.1) is 0 Å². The van der Waals surface area contributed by atoms with E-state index in [0.717, 1.165) is 6.33 Å². The molecule has 0 spiro atoms. The summed E-state index contributed by atoms with van der Waals surface area (Å²) >= 11 is 0. The maximum absolute atomic E-state index is 12.4. The van der Waals surface area contributed by atoms with Gasteiger partial charge in [0.05, 0.1) is 5.69 Å². The van der Waals surface area contributed by atoms with Crippen LogP contribution in [-0.2, 0) is 6.42 Å². The molecule has 4 heteroatoms. The molecule has 0 saturated carbocycles. The first-order valence-electron chi connectivity index (χ1n) is 2.94. The van der Waals surface area contributed by atoms with Gasteiger partial charge >= 0.3 is 0 Å². The van der Waals surface area contributed by atoms with Gasteiger partial charge in [-0.05, 0) is 6.42 Å². The second-order valence-electron chi connectivity index (χ2n) is 1.81. The second kappa shape index (κ2) is 2.60. The summed E-state index contributed by atoms with van der Waals surface area (Å²) in [6.07, 6.45) is 1.60. The molecular weight excluding hydrogens is 135 g/mol. The van der Waals surface area contributed by atoms with Gasteiger partial charge < -0.3 is 5.11 Å². The van der Waals surface area contributed by atoms with Crippen LogP contribution in [0.4, 0.5) is 4.39 Å². The Kier molecular flexibility index (Phi) is 1.80. The maximum atomic E-state index is 12.4. The van der Waals surface area contributed by atoms with Crippen LogP contribution in [0.2, 0.25) is 0 Å². The zero-order chi connectivity index (χ0) is 7.56. The van der Waals surface area contributed by atoms with Crippen molar-refractivity contribution >= 4 is 0 Å². The molecule has 1 rings (SSSR count). The molecular formula is C6H7FN2O. The Hall–Kier alpha value is -1.19. The molecule has 0 aliphatic carbocycles. The zero-order valence-electron chi connectivity index (χ0n) is 5.50. The molecule has 0 fully saturated rings. The predicted octanol–water partition coefficient (Wildman–Crippen LogP) is 0.884. The minimum Gasteiger partial charge on any atom is -0.502 e. The Morgan fingerprint density at radius 3 is 2.80 bits per heavy atom. The third kappa shape index (κ3) is 1.05. The molecule has 1 aromatic rings. The first-order valence-corrected chi connectivity index (χ1v) is 2.94. The van der Waals surface area contributed by atoms with E-state index in [1.165, 1.54) is 0 Å². The quantitative estimate of drug-likeness (QED) is 0.592. The summed E-state index contributed by atoms with van der Waals surface area (Å²) in [5.41, 5.74) is 0.340. The highest BCUT2D eigenvalue weighted by atomic mass is 19.1. The topological polar surface area (TPSA) is 46.0 Å². The molecule has 0 aliphatic rings. The van der Waals surface area contributed by atoms with E-state index in [1.807, 2.05) is 0 Å². The van der Waals surface area contributed by atoms with Gasteiger partial charge in [0, 0.05) is 0 Å². The first kappa shape index (κ1) is 6.92. The third-order valence-corrected chi connectivity index (χ3v) is 1.19. The van der Waals surface area contributed by atoms with Gasteiger partial charge in [0.15, 0.2) is 5.75 Å². The van der Waals surface area contributed by atoms with E-state index in [9.17, 15) is 4.39 Å². The largest absolute Gasteiger partial charge is 0.502 e. The molecule has 0 aromatic carbocycles. The van der Waals surface area contributed by atoms with Gasteiger partial charge in [-0.2, -0.15) is 4.39 Å². The van der Waals surface area contributed by atoms with E-state index in [1.54, 1.807) is 6.92 Å². The van der Waals surface area contributed by atoms with Crippen molar-refractivity contribution in [2.75, 3.05) is 0 Å². The van der Waals surface area contributed by atoms with Gasteiger partial charge in [-0.25, -0.2) is 9.97 Å². The SMILES string of the molecule is CCc1ncnc(F)c1O. The van der Waals surface area contributed by atoms with Crippen molar-refractivity contribution in [3.8, 4) is 5.75 Å². The molecule has 0 radical (unpaired) electrons. The van der Waals surface area contributed by atoms with Crippen molar-refractivity contribution < 1.29 is 9.50 Å². The van der Waals surface area contributed by atoms with Crippen LogP contribution in [0.3, 0.4) is 0 Å². The Morgan fingerprint density at radius 1 is 1.60 bits per heavy atom. The average molecular weight is 142 g/mol. The summed E-state index contributed by atoms with van der Waals surface area (Å²) in [7, 11) is 0. The van der Waals surface area contributed by atoms with Crippen molar-refractivity contribution in [2.24, 2.45) is 0 Å². The normalized spacial score (nSPS) is 9.80. The monoisotopic (exact) mass is 142 g/mol. The van der Waals surface area contributed by atoms with Gasteiger partial charge in [0.25, 0.3) is 5.95 Å². The van der Waals surface area contributed by atoms with Crippen LogP contribution in [0.15, 0.2) is 6.33 Å². The Balaban J connectivity index is 3.14. The van der Waals surface area contributed by atoms with Crippen LogP contribution in [0.25, 0.3) is 0 Å². The molecule has 0 aliphatic heterocycles. The molecule has 1 N–H and O–H groups in total. The molecule has 0 atom stereocenters. The minimum absolute atomic E-state index is 0.340. The summed E-state index contributed by atoms with van der Waals surface area (Å²) in [6, 6.07) is 0. The predicted molar refractivity (Wildman–Crippen MR) is 33.0 cm³/mol. The van der Waals surface area contributed by atoms with Crippen molar-refractivity contribution in [3.05, 3.63) is 18.0 Å². The van der Waals surface area contributed by atoms with Crippen LogP contribution in [0, 0.1) is 5.95 Å². The Bertz CT molecular complexity index is 239. The lowest BCUT2D eigenvalue weighted by Gasteiger charge is -1.97. The molecule has 0 bridgehead atoms. The van der Waals surface area contributed by atoms with Crippen LogP contribution in [0.1, 0.15) is 12.6 Å². The number of hydrogen-bond acceptors (Lipinski definition) is 3. The maximum Gasteiger partial charge on any atom is 0.258 e. The number of rotatable bonds is 1. The van der Waals surface area contributed by atoms with Gasteiger partial charge in [-0.3, -0.25) is 0 Å². The van der Waals surface area contributed by atoms with Crippen LogP contribution in [0.5, 0.6) is 5.75 Å². The summed E-state index contributed by atoms with van der Waals surface area (Å²) in [5, 5.41) is 8.90. The fourth-order valence-electron chi connectivity index (χ4n) is 0.649. The number of aryl methyl sites for hydroxylation is 1. The number of halogens is 1. The minimum atomic E-state index is -0.855. The molecule has 1 aromatic heterocycles. The van der Waals surface area contributed by atoms with Crippen molar-refractivity contribution in [3.63, 3.8) is 0 Å². The molecule has 0 amide bonds. The lowest BCUT2D eigenvalue weighted by atomic mass is 10.3. The standard InChI is InChI=1S/C6H7FN2O/c1-2-4-5(10)6(7)9-3-8-4/h3,10H,2H2,1H3. The van der Waals surface area contributed by atoms with E-state index in [-0.39, 0.29) is 0 Å². The fourth-order valence-corrected chi connectivity index (χ4v) is 0.649.